The number of fused-ring (bicyclic) bond motifs is 1. The lowest BCUT2D eigenvalue weighted by Gasteiger charge is -2.22. The zero-order chi connectivity index (χ0) is 22.3. The largest absolute Gasteiger partial charge is 0.494 e. The zero-order valence-corrected chi connectivity index (χ0v) is 17.7. The molecule has 0 amide bonds. The Balaban J connectivity index is 1.41. The summed E-state index contributed by atoms with van der Waals surface area (Å²) in [6, 6.07) is 13.1. The summed E-state index contributed by atoms with van der Waals surface area (Å²) in [7, 11) is 0. The maximum absolute atomic E-state index is 13.5. The van der Waals surface area contributed by atoms with Gasteiger partial charge in [0.15, 0.2) is 0 Å². The standard InChI is InChI=1S/C24H26FN5O2/c25-18-1-6-22-17(13-18)14-21(24(31)29-22)23(30-26)15-28-19-2-4-20(5-3-19)32-12-9-16-7-10-27-11-8-16/h1-6,13-16,27H,7-12,26H2,(H,29,31). The van der Waals surface area contributed by atoms with Gasteiger partial charge in [-0.15, -0.1) is 0 Å². The second-order valence-corrected chi connectivity index (χ2v) is 7.84. The summed E-state index contributed by atoms with van der Waals surface area (Å²) in [5.74, 6) is 6.62. The zero-order valence-electron chi connectivity index (χ0n) is 17.7. The van der Waals surface area contributed by atoms with Gasteiger partial charge in [-0.2, -0.15) is 5.10 Å². The molecule has 2 aromatic carbocycles. The van der Waals surface area contributed by atoms with Gasteiger partial charge in [0.1, 0.15) is 17.3 Å². The van der Waals surface area contributed by atoms with Crippen LogP contribution in [0.3, 0.4) is 0 Å². The molecule has 0 spiro atoms. The number of benzene rings is 2. The fourth-order valence-corrected chi connectivity index (χ4v) is 3.82. The van der Waals surface area contributed by atoms with E-state index in [-0.39, 0.29) is 16.8 Å². The topological polar surface area (TPSA) is 105 Å². The number of nitrogens with one attached hydrogen (secondary N) is 2. The van der Waals surface area contributed by atoms with Crippen molar-refractivity contribution in [2.45, 2.75) is 19.3 Å². The van der Waals surface area contributed by atoms with Crippen molar-refractivity contribution in [3.8, 4) is 5.75 Å². The first-order valence-corrected chi connectivity index (χ1v) is 10.7. The molecular formula is C24H26FN5O2. The molecule has 1 fully saturated rings. The van der Waals surface area contributed by atoms with Gasteiger partial charge < -0.3 is 20.9 Å². The molecule has 7 nitrogen and oxygen atoms in total. The molecular weight excluding hydrogens is 409 g/mol. The first-order chi connectivity index (χ1) is 15.6. The van der Waals surface area contributed by atoms with Gasteiger partial charge in [0.2, 0.25) is 0 Å². The van der Waals surface area contributed by atoms with Crippen LogP contribution >= 0.6 is 0 Å². The van der Waals surface area contributed by atoms with Crippen molar-refractivity contribution >= 4 is 28.5 Å². The van der Waals surface area contributed by atoms with Crippen LogP contribution in [0.4, 0.5) is 10.1 Å². The molecule has 0 bridgehead atoms. The maximum atomic E-state index is 13.5. The second kappa shape index (κ2) is 10.2. The number of aromatic amines is 1. The first kappa shape index (κ1) is 21.7. The molecule has 0 aliphatic carbocycles. The summed E-state index contributed by atoms with van der Waals surface area (Å²) < 4.78 is 19.4. The molecule has 166 valence electrons. The number of halogens is 1. The summed E-state index contributed by atoms with van der Waals surface area (Å²) >= 11 is 0. The van der Waals surface area contributed by atoms with Crippen LogP contribution in [0.2, 0.25) is 0 Å². The smallest absolute Gasteiger partial charge is 0.258 e. The average molecular weight is 436 g/mol. The van der Waals surface area contributed by atoms with E-state index in [0.29, 0.717) is 23.2 Å². The number of hydrogen-bond donors (Lipinski definition) is 3. The summed E-state index contributed by atoms with van der Waals surface area (Å²) in [6.45, 7) is 2.88. The van der Waals surface area contributed by atoms with Crippen LogP contribution < -0.4 is 21.5 Å². The lowest BCUT2D eigenvalue weighted by Crippen LogP contribution is -2.28. The number of hydrogen-bond acceptors (Lipinski definition) is 6. The highest BCUT2D eigenvalue weighted by molar-refractivity contribution is 6.38. The van der Waals surface area contributed by atoms with Crippen LogP contribution in [0, 0.1) is 11.7 Å². The number of nitrogens with zero attached hydrogens (tertiary/aromatic N) is 2. The molecule has 0 radical (unpaired) electrons. The van der Waals surface area contributed by atoms with Gasteiger partial charge >= 0.3 is 0 Å². The van der Waals surface area contributed by atoms with E-state index in [0.717, 1.165) is 31.2 Å². The Hall–Kier alpha value is -3.52. The third-order valence-corrected chi connectivity index (χ3v) is 5.65. The molecule has 8 heteroatoms. The van der Waals surface area contributed by atoms with Gasteiger partial charge in [0, 0.05) is 10.9 Å². The van der Waals surface area contributed by atoms with E-state index in [1.807, 2.05) is 24.3 Å². The number of ether oxygens (including phenoxy) is 1. The number of aromatic nitrogens is 1. The minimum absolute atomic E-state index is 0.194. The minimum Gasteiger partial charge on any atom is -0.494 e. The third-order valence-electron chi connectivity index (χ3n) is 5.65. The van der Waals surface area contributed by atoms with Gasteiger partial charge in [-0.1, -0.05) is 0 Å². The molecule has 2 heterocycles. The highest BCUT2D eigenvalue weighted by Crippen LogP contribution is 2.20. The van der Waals surface area contributed by atoms with Crippen LogP contribution in [0.15, 0.2) is 63.4 Å². The van der Waals surface area contributed by atoms with Gasteiger partial charge in [0.05, 0.1) is 24.1 Å². The minimum atomic E-state index is -0.395. The molecule has 1 saturated heterocycles. The summed E-state index contributed by atoms with van der Waals surface area (Å²) in [5.41, 5.74) is 1.23. The molecule has 3 aromatic rings. The van der Waals surface area contributed by atoms with Crippen molar-refractivity contribution in [2.75, 3.05) is 19.7 Å². The van der Waals surface area contributed by atoms with Crippen molar-refractivity contribution in [1.29, 1.82) is 0 Å². The van der Waals surface area contributed by atoms with Crippen LogP contribution in [0.5, 0.6) is 5.75 Å². The lowest BCUT2D eigenvalue weighted by molar-refractivity contribution is 0.252. The van der Waals surface area contributed by atoms with Gasteiger partial charge in [-0.3, -0.25) is 9.79 Å². The number of rotatable bonds is 7. The Labute approximate surface area is 185 Å². The predicted octanol–water partition coefficient (Wildman–Crippen LogP) is 3.50. The van der Waals surface area contributed by atoms with Crippen molar-refractivity contribution in [3.63, 3.8) is 0 Å². The molecule has 1 aliphatic heterocycles. The molecule has 1 aromatic heterocycles. The van der Waals surface area contributed by atoms with E-state index in [2.05, 4.69) is 20.4 Å². The number of nitrogens with two attached hydrogens (primary N) is 1. The van der Waals surface area contributed by atoms with E-state index in [1.54, 1.807) is 6.07 Å². The van der Waals surface area contributed by atoms with Gasteiger partial charge in [0.25, 0.3) is 5.56 Å². The summed E-state index contributed by atoms with van der Waals surface area (Å²) in [5, 5.41) is 7.60. The molecule has 4 N–H and O–H groups in total. The van der Waals surface area contributed by atoms with Crippen LogP contribution in [-0.2, 0) is 0 Å². The Morgan fingerprint density at radius 1 is 1.16 bits per heavy atom. The SMILES string of the molecule is NN=C(C=Nc1ccc(OCCC2CCNCC2)cc1)c1cc2cc(F)ccc2[nH]c1=O. The lowest BCUT2D eigenvalue weighted by atomic mass is 9.95. The van der Waals surface area contributed by atoms with Gasteiger partial charge in [-0.25, -0.2) is 4.39 Å². The van der Waals surface area contributed by atoms with E-state index in [1.165, 1.54) is 37.3 Å². The Kier molecular flexibility index (Phi) is 6.91. The van der Waals surface area contributed by atoms with Crippen LogP contribution in [0.1, 0.15) is 24.8 Å². The third kappa shape index (κ3) is 5.39. The molecule has 0 unspecified atom stereocenters. The van der Waals surface area contributed by atoms with E-state index >= 15 is 0 Å². The van der Waals surface area contributed by atoms with E-state index < -0.39 is 5.82 Å². The summed E-state index contributed by atoms with van der Waals surface area (Å²) in [6.07, 6.45) is 4.89. The first-order valence-electron chi connectivity index (χ1n) is 10.7. The van der Waals surface area contributed by atoms with Crippen molar-refractivity contribution < 1.29 is 9.13 Å². The monoisotopic (exact) mass is 435 g/mol. The number of aliphatic imine (C=N–C) groups is 1. The Bertz CT molecular complexity index is 1180. The van der Waals surface area contributed by atoms with Crippen LogP contribution in [-0.4, -0.2) is 36.6 Å². The fraction of sp³-hybridized carbons (Fsp3) is 0.292. The normalized spacial score (nSPS) is 15.5. The van der Waals surface area contributed by atoms with Crippen LogP contribution in [0.25, 0.3) is 10.9 Å². The number of piperidine rings is 1. The maximum Gasteiger partial charge on any atom is 0.258 e. The molecule has 0 saturated carbocycles. The Morgan fingerprint density at radius 3 is 2.69 bits per heavy atom. The highest BCUT2D eigenvalue weighted by Gasteiger charge is 2.13. The number of pyridine rings is 1. The predicted molar refractivity (Wildman–Crippen MR) is 126 cm³/mol. The van der Waals surface area contributed by atoms with Crippen molar-refractivity contribution in [2.24, 2.45) is 21.9 Å². The van der Waals surface area contributed by atoms with Gasteiger partial charge in [-0.05, 0) is 86.8 Å². The second-order valence-electron chi connectivity index (χ2n) is 7.84. The Morgan fingerprint density at radius 2 is 1.94 bits per heavy atom. The van der Waals surface area contributed by atoms with E-state index in [9.17, 15) is 9.18 Å². The molecule has 4 rings (SSSR count). The number of H-pyrrole nitrogens is 1. The fourth-order valence-electron chi connectivity index (χ4n) is 3.82. The molecule has 32 heavy (non-hydrogen) atoms. The van der Waals surface area contributed by atoms with E-state index in [4.69, 9.17) is 10.6 Å². The molecule has 0 atom stereocenters. The number of hydrazone groups is 1. The summed E-state index contributed by atoms with van der Waals surface area (Å²) in [4.78, 5) is 19.5. The van der Waals surface area contributed by atoms with Crippen molar-refractivity contribution in [1.82, 2.24) is 10.3 Å². The molecule has 1 aliphatic rings. The average Bonchev–Trinajstić information content (AvgIpc) is 2.81. The highest BCUT2D eigenvalue weighted by atomic mass is 19.1. The quantitative estimate of drug-likeness (QED) is 0.300. The van der Waals surface area contributed by atoms with Crippen molar-refractivity contribution in [3.05, 3.63) is 70.3 Å².